The Hall–Kier alpha value is -1.98. The summed E-state index contributed by atoms with van der Waals surface area (Å²) in [6.07, 6.45) is -1.67. The summed E-state index contributed by atoms with van der Waals surface area (Å²) in [6.45, 7) is 1.61. The predicted octanol–water partition coefficient (Wildman–Crippen LogP) is -0.591. The normalized spacial score (nSPS) is 25.8. The summed E-state index contributed by atoms with van der Waals surface area (Å²) in [7, 11) is 0. The van der Waals surface area contributed by atoms with Crippen molar-refractivity contribution in [3.63, 3.8) is 0 Å². The third-order valence-corrected chi connectivity index (χ3v) is 3.96. The number of anilines is 1. The fourth-order valence-corrected chi connectivity index (χ4v) is 2.81. The summed E-state index contributed by atoms with van der Waals surface area (Å²) in [5, 5.41) is 37.8. The quantitative estimate of drug-likeness (QED) is 0.351. The van der Waals surface area contributed by atoms with Crippen molar-refractivity contribution in [2.45, 2.75) is 31.5 Å². The van der Waals surface area contributed by atoms with Gasteiger partial charge in [-0.1, -0.05) is 0 Å². The number of aromatic nitrogens is 3. The minimum atomic E-state index is -1.27. The van der Waals surface area contributed by atoms with Crippen LogP contribution in [0.3, 0.4) is 0 Å². The smallest absolute Gasteiger partial charge is 0.215 e. The van der Waals surface area contributed by atoms with Crippen LogP contribution in [0.1, 0.15) is 18.7 Å². The van der Waals surface area contributed by atoms with E-state index in [-0.39, 0.29) is 24.1 Å². The van der Waals surface area contributed by atoms with E-state index in [4.69, 9.17) is 20.6 Å². The SMILES string of the molecule is CCOC(=N)c1cn([C@@H]2O[C@H](CO)[C@@H](O)[C@H]2O)c2ncnc(N)c12.Cl. The number of nitrogens with one attached hydrogen (secondary N) is 1. The summed E-state index contributed by atoms with van der Waals surface area (Å²) in [5.41, 5.74) is 6.59. The second-order valence-electron chi connectivity index (χ2n) is 5.40. The maximum absolute atomic E-state index is 10.2. The molecule has 1 fully saturated rings. The maximum atomic E-state index is 10.2. The lowest BCUT2D eigenvalue weighted by molar-refractivity contribution is -0.0508. The molecule has 0 unspecified atom stereocenters. The molecule has 0 radical (unpaired) electrons. The van der Waals surface area contributed by atoms with E-state index in [9.17, 15) is 15.3 Å². The Bertz CT molecular complexity index is 769. The van der Waals surface area contributed by atoms with Gasteiger partial charge in [0.2, 0.25) is 5.90 Å². The van der Waals surface area contributed by atoms with Crippen LogP contribution in [0.25, 0.3) is 11.0 Å². The number of nitrogens with zero attached hydrogens (tertiary/aromatic N) is 3. The van der Waals surface area contributed by atoms with Crippen molar-refractivity contribution < 1.29 is 24.8 Å². The third kappa shape index (κ3) is 3.14. The van der Waals surface area contributed by atoms with Gasteiger partial charge in [0.1, 0.15) is 36.1 Å². The van der Waals surface area contributed by atoms with Crippen LogP contribution in [0.4, 0.5) is 5.82 Å². The molecular formula is C14H20ClN5O5. The fraction of sp³-hybridized carbons (Fsp3) is 0.500. The Morgan fingerprint density at radius 3 is 2.72 bits per heavy atom. The molecule has 0 aromatic carbocycles. The van der Waals surface area contributed by atoms with Gasteiger partial charge >= 0.3 is 0 Å². The molecule has 1 aliphatic heterocycles. The number of rotatable bonds is 4. The van der Waals surface area contributed by atoms with Crippen LogP contribution < -0.4 is 5.73 Å². The maximum Gasteiger partial charge on any atom is 0.215 e. The van der Waals surface area contributed by atoms with E-state index in [1.54, 1.807) is 6.92 Å². The molecule has 0 aliphatic carbocycles. The van der Waals surface area contributed by atoms with Crippen molar-refractivity contribution in [1.82, 2.24) is 14.5 Å². The van der Waals surface area contributed by atoms with E-state index in [1.165, 1.54) is 17.1 Å². The number of ether oxygens (including phenoxy) is 2. The Kier molecular flexibility index (Phi) is 5.80. The average molecular weight is 374 g/mol. The Labute approximate surface area is 149 Å². The van der Waals surface area contributed by atoms with Gasteiger partial charge in [-0.05, 0) is 6.92 Å². The van der Waals surface area contributed by atoms with Crippen LogP contribution in [0, 0.1) is 5.41 Å². The number of hydrogen-bond acceptors (Lipinski definition) is 9. The van der Waals surface area contributed by atoms with Crippen LogP contribution in [-0.4, -0.2) is 67.3 Å². The van der Waals surface area contributed by atoms with Crippen LogP contribution >= 0.6 is 12.4 Å². The van der Waals surface area contributed by atoms with Crippen molar-refractivity contribution in [1.29, 1.82) is 5.41 Å². The number of halogens is 1. The molecule has 2 aromatic rings. The van der Waals surface area contributed by atoms with Gasteiger partial charge in [0, 0.05) is 6.20 Å². The number of aliphatic hydroxyl groups is 3. The predicted molar refractivity (Wildman–Crippen MR) is 90.7 cm³/mol. The number of aliphatic hydroxyl groups excluding tert-OH is 3. The standard InChI is InChI=1S/C14H19N5O5.ClH/c1-2-23-12(16)6-3-19(13-8(6)11(15)17-5-18-13)14-10(22)9(21)7(4-20)24-14;/h3,5,7,9-10,14,16,20-22H,2,4H2,1H3,(H2,15,17,18);1H/t7-,9-,10-,14-;/m1./s1. The van der Waals surface area contributed by atoms with Crippen molar-refractivity contribution >= 4 is 35.2 Å². The molecule has 2 aromatic heterocycles. The Morgan fingerprint density at radius 1 is 1.40 bits per heavy atom. The van der Waals surface area contributed by atoms with Gasteiger partial charge in [-0.15, -0.1) is 12.4 Å². The molecule has 0 saturated carbocycles. The first-order chi connectivity index (χ1) is 11.5. The molecule has 0 spiro atoms. The van der Waals surface area contributed by atoms with Crippen LogP contribution in [0.15, 0.2) is 12.5 Å². The second kappa shape index (κ2) is 7.50. The topological polar surface area (TPSA) is 160 Å². The average Bonchev–Trinajstić information content (AvgIpc) is 3.08. The molecule has 11 heteroatoms. The van der Waals surface area contributed by atoms with Gasteiger partial charge < -0.3 is 35.1 Å². The van der Waals surface area contributed by atoms with Crippen LogP contribution in [0.5, 0.6) is 0 Å². The Balaban J connectivity index is 0.00000225. The zero-order valence-corrected chi connectivity index (χ0v) is 14.2. The van der Waals surface area contributed by atoms with Crippen molar-refractivity contribution in [2.24, 2.45) is 0 Å². The van der Waals surface area contributed by atoms with E-state index < -0.39 is 31.1 Å². The highest BCUT2D eigenvalue weighted by atomic mass is 35.5. The zero-order chi connectivity index (χ0) is 17.4. The van der Waals surface area contributed by atoms with Crippen molar-refractivity contribution in [3.8, 4) is 0 Å². The summed E-state index contributed by atoms with van der Waals surface area (Å²) in [6, 6.07) is 0. The number of hydrogen-bond donors (Lipinski definition) is 5. The summed E-state index contributed by atoms with van der Waals surface area (Å²) < 4.78 is 12.2. The molecule has 10 nitrogen and oxygen atoms in total. The highest BCUT2D eigenvalue weighted by Crippen LogP contribution is 2.34. The molecule has 4 atom stereocenters. The van der Waals surface area contributed by atoms with Crippen LogP contribution in [0.2, 0.25) is 0 Å². The fourth-order valence-electron chi connectivity index (χ4n) is 2.81. The highest BCUT2D eigenvalue weighted by molar-refractivity contribution is 6.08. The Morgan fingerprint density at radius 2 is 2.12 bits per heavy atom. The first-order valence-electron chi connectivity index (χ1n) is 7.44. The minimum Gasteiger partial charge on any atom is -0.478 e. The lowest BCUT2D eigenvalue weighted by atomic mass is 10.1. The van der Waals surface area contributed by atoms with E-state index in [0.29, 0.717) is 23.2 Å². The summed E-state index contributed by atoms with van der Waals surface area (Å²) >= 11 is 0. The van der Waals surface area contributed by atoms with E-state index in [0.717, 1.165) is 0 Å². The molecule has 3 heterocycles. The third-order valence-electron chi connectivity index (χ3n) is 3.96. The number of fused-ring (bicyclic) bond motifs is 1. The van der Waals surface area contributed by atoms with E-state index >= 15 is 0 Å². The minimum absolute atomic E-state index is 0. The molecule has 3 rings (SSSR count). The lowest BCUT2D eigenvalue weighted by Crippen LogP contribution is -2.33. The number of nitrogen functional groups attached to an aromatic ring is 1. The first-order valence-corrected chi connectivity index (χ1v) is 7.44. The van der Waals surface area contributed by atoms with Crippen molar-refractivity contribution in [2.75, 3.05) is 18.9 Å². The van der Waals surface area contributed by atoms with Gasteiger partial charge in [-0.25, -0.2) is 9.97 Å². The van der Waals surface area contributed by atoms with Gasteiger partial charge in [0.15, 0.2) is 6.23 Å². The van der Waals surface area contributed by atoms with E-state index in [1.807, 2.05) is 0 Å². The molecule has 1 saturated heterocycles. The van der Waals surface area contributed by atoms with Gasteiger partial charge in [-0.2, -0.15) is 0 Å². The monoisotopic (exact) mass is 373 g/mol. The molecule has 6 N–H and O–H groups in total. The van der Waals surface area contributed by atoms with Gasteiger partial charge in [0.05, 0.1) is 24.2 Å². The largest absolute Gasteiger partial charge is 0.478 e. The number of nitrogens with two attached hydrogens (primary N) is 1. The lowest BCUT2D eigenvalue weighted by Gasteiger charge is -2.17. The van der Waals surface area contributed by atoms with E-state index in [2.05, 4.69) is 9.97 Å². The molecule has 138 valence electrons. The van der Waals surface area contributed by atoms with Gasteiger partial charge in [-0.3, -0.25) is 5.41 Å². The van der Waals surface area contributed by atoms with Gasteiger partial charge in [0.25, 0.3) is 0 Å². The van der Waals surface area contributed by atoms with Crippen LogP contribution in [-0.2, 0) is 9.47 Å². The summed E-state index contributed by atoms with van der Waals surface area (Å²) in [5.74, 6) is 0.0411. The second-order valence-corrected chi connectivity index (χ2v) is 5.40. The molecule has 1 aliphatic rings. The highest BCUT2D eigenvalue weighted by Gasteiger charge is 2.44. The molecule has 0 bridgehead atoms. The zero-order valence-electron chi connectivity index (χ0n) is 13.4. The van der Waals surface area contributed by atoms with Crippen molar-refractivity contribution in [3.05, 3.63) is 18.1 Å². The molecular weight excluding hydrogens is 354 g/mol. The first kappa shape index (κ1) is 19.3. The molecule has 25 heavy (non-hydrogen) atoms. The summed E-state index contributed by atoms with van der Waals surface area (Å²) in [4.78, 5) is 8.07. The molecule has 0 amide bonds.